The van der Waals surface area contributed by atoms with E-state index in [1.165, 1.54) is 17.5 Å². The molecule has 0 radical (unpaired) electrons. The molecule has 1 aliphatic rings. The number of hydrogen-bond donors (Lipinski definition) is 0. The molecule has 1 saturated heterocycles. The standard InChI is InChI=1S/C36H37ClN6O4/c1-46-20-21-47-36(44)41-18-16-27(17-19-41)28-8-5-9-29(22-28)32(13-10-26-6-3-2-4-7-26)35-14-11-30(24-43(35)45)33-23-31(37)12-15-34(33)42-25-38-39-40-42/h2-9,11-12,14-15,22-25,27,32H,10,13,16-21H2,1H3/t32-/m0/s1. The largest absolute Gasteiger partial charge is 0.618 e. The van der Waals surface area contributed by atoms with Crippen LogP contribution in [0.15, 0.2) is 97.5 Å². The number of benzene rings is 3. The zero-order chi connectivity index (χ0) is 32.6. The van der Waals surface area contributed by atoms with Gasteiger partial charge in [-0.25, -0.2) is 4.79 Å². The Bertz CT molecular complexity index is 1780. The fourth-order valence-electron chi connectivity index (χ4n) is 6.30. The van der Waals surface area contributed by atoms with E-state index in [4.69, 9.17) is 21.1 Å². The van der Waals surface area contributed by atoms with Crippen molar-refractivity contribution in [2.45, 2.75) is 37.5 Å². The minimum absolute atomic E-state index is 0.143. The molecule has 10 nitrogen and oxygen atoms in total. The smallest absolute Gasteiger partial charge is 0.409 e. The maximum absolute atomic E-state index is 13.9. The predicted octanol–water partition coefficient (Wildman–Crippen LogP) is 6.34. The van der Waals surface area contributed by atoms with Gasteiger partial charge in [-0.1, -0.05) is 66.2 Å². The van der Waals surface area contributed by atoms with E-state index in [9.17, 15) is 10.0 Å². The van der Waals surface area contributed by atoms with Gasteiger partial charge in [-0.05, 0) is 83.0 Å². The molecule has 3 aromatic carbocycles. The monoisotopic (exact) mass is 652 g/mol. The number of piperidine rings is 1. The van der Waals surface area contributed by atoms with Crippen LogP contribution in [0.4, 0.5) is 4.79 Å². The first-order valence-electron chi connectivity index (χ1n) is 15.8. The highest BCUT2D eigenvalue weighted by Gasteiger charge is 2.27. The lowest BCUT2D eigenvalue weighted by atomic mass is 9.84. The summed E-state index contributed by atoms with van der Waals surface area (Å²) < 4.78 is 12.8. The maximum atomic E-state index is 13.9. The summed E-state index contributed by atoms with van der Waals surface area (Å²) in [7, 11) is 1.58. The van der Waals surface area contributed by atoms with E-state index in [0.29, 0.717) is 41.9 Å². The highest BCUT2D eigenvalue weighted by atomic mass is 35.5. The molecule has 1 fully saturated rings. The summed E-state index contributed by atoms with van der Waals surface area (Å²) in [5.41, 5.74) is 6.37. The Morgan fingerprint density at radius 1 is 1.02 bits per heavy atom. The maximum Gasteiger partial charge on any atom is 0.409 e. The third-order valence-electron chi connectivity index (χ3n) is 8.78. The number of tetrazole rings is 1. The molecular formula is C36H37ClN6O4. The number of likely N-dealkylation sites (tertiary alicyclic amines) is 1. The fraction of sp³-hybridized carbons (Fsp3) is 0.306. The van der Waals surface area contributed by atoms with Gasteiger partial charge in [0, 0.05) is 42.4 Å². The first kappa shape index (κ1) is 32.2. The molecule has 1 amide bonds. The molecule has 3 heterocycles. The van der Waals surface area contributed by atoms with Crippen molar-refractivity contribution in [1.29, 1.82) is 0 Å². The molecule has 1 aliphatic heterocycles. The normalized spacial score (nSPS) is 14.2. The molecule has 242 valence electrons. The molecule has 0 aliphatic carbocycles. The van der Waals surface area contributed by atoms with Crippen molar-refractivity contribution in [1.82, 2.24) is 25.1 Å². The Morgan fingerprint density at radius 3 is 2.60 bits per heavy atom. The zero-order valence-electron chi connectivity index (χ0n) is 26.2. The number of pyridine rings is 1. The molecular weight excluding hydrogens is 616 g/mol. The third-order valence-corrected chi connectivity index (χ3v) is 9.02. The molecule has 0 N–H and O–H groups in total. The lowest BCUT2D eigenvalue weighted by Crippen LogP contribution is -2.38. The Balaban J connectivity index is 1.27. The van der Waals surface area contributed by atoms with Gasteiger partial charge in [0.1, 0.15) is 12.9 Å². The van der Waals surface area contributed by atoms with E-state index in [1.807, 2.05) is 42.5 Å². The number of amides is 1. The van der Waals surface area contributed by atoms with Crippen molar-refractivity contribution in [3.63, 3.8) is 0 Å². The highest BCUT2D eigenvalue weighted by molar-refractivity contribution is 6.31. The second-order valence-electron chi connectivity index (χ2n) is 11.7. The third kappa shape index (κ3) is 7.78. The number of ether oxygens (including phenoxy) is 2. The van der Waals surface area contributed by atoms with Crippen molar-refractivity contribution >= 4 is 17.7 Å². The minimum Gasteiger partial charge on any atom is -0.618 e. The average Bonchev–Trinajstić information content (AvgIpc) is 3.65. The number of aromatic nitrogens is 5. The van der Waals surface area contributed by atoms with Gasteiger partial charge in [0.15, 0.2) is 11.9 Å². The van der Waals surface area contributed by atoms with Gasteiger partial charge in [-0.15, -0.1) is 5.10 Å². The first-order valence-corrected chi connectivity index (χ1v) is 16.2. The fourth-order valence-corrected chi connectivity index (χ4v) is 6.47. The summed E-state index contributed by atoms with van der Waals surface area (Å²) in [6, 6.07) is 28.2. The second kappa shape index (κ2) is 15.2. The summed E-state index contributed by atoms with van der Waals surface area (Å²) in [6.07, 6.45) is 6.09. The summed E-state index contributed by atoms with van der Waals surface area (Å²) in [4.78, 5) is 14.2. The van der Waals surface area contributed by atoms with E-state index >= 15 is 0 Å². The molecule has 0 unspecified atom stereocenters. The number of aryl methyl sites for hydroxylation is 1. The van der Waals surface area contributed by atoms with Crippen molar-refractivity contribution in [3.05, 3.63) is 130 Å². The van der Waals surface area contributed by atoms with Crippen LogP contribution in [-0.2, 0) is 15.9 Å². The van der Waals surface area contributed by atoms with Gasteiger partial charge in [0.05, 0.1) is 18.2 Å². The minimum atomic E-state index is -0.290. The van der Waals surface area contributed by atoms with E-state index in [0.717, 1.165) is 47.2 Å². The topological polar surface area (TPSA) is 109 Å². The van der Waals surface area contributed by atoms with Crippen molar-refractivity contribution < 1.29 is 19.0 Å². The molecule has 0 bridgehead atoms. The molecule has 47 heavy (non-hydrogen) atoms. The Labute approximate surface area is 279 Å². The summed E-state index contributed by atoms with van der Waals surface area (Å²) >= 11 is 6.38. The van der Waals surface area contributed by atoms with Gasteiger partial charge >= 0.3 is 6.09 Å². The number of hydrogen-bond acceptors (Lipinski definition) is 7. The quantitative estimate of drug-likeness (QED) is 0.0930. The van der Waals surface area contributed by atoms with E-state index in [-0.39, 0.29) is 18.6 Å². The van der Waals surface area contributed by atoms with Crippen LogP contribution < -0.4 is 4.73 Å². The highest BCUT2D eigenvalue weighted by Crippen LogP contribution is 2.35. The second-order valence-corrected chi connectivity index (χ2v) is 12.1. The lowest BCUT2D eigenvalue weighted by molar-refractivity contribution is -0.614. The molecule has 11 heteroatoms. The van der Waals surface area contributed by atoms with Crippen LogP contribution in [0.5, 0.6) is 0 Å². The number of methoxy groups -OCH3 is 1. The van der Waals surface area contributed by atoms with Crippen LogP contribution in [-0.4, -0.2) is 64.6 Å². The number of halogens is 1. The van der Waals surface area contributed by atoms with Gasteiger partial charge in [0.25, 0.3) is 0 Å². The molecule has 2 aromatic heterocycles. The van der Waals surface area contributed by atoms with Gasteiger partial charge in [-0.2, -0.15) is 9.41 Å². The summed E-state index contributed by atoms with van der Waals surface area (Å²) in [5, 5.41) is 26.0. The lowest BCUT2D eigenvalue weighted by Gasteiger charge is -2.32. The predicted molar refractivity (Wildman–Crippen MR) is 178 cm³/mol. The van der Waals surface area contributed by atoms with Crippen LogP contribution >= 0.6 is 11.6 Å². The van der Waals surface area contributed by atoms with E-state index < -0.39 is 0 Å². The Kier molecular flexibility index (Phi) is 10.4. The van der Waals surface area contributed by atoms with E-state index in [1.54, 1.807) is 29.0 Å². The van der Waals surface area contributed by atoms with Crippen LogP contribution in [0.2, 0.25) is 5.02 Å². The van der Waals surface area contributed by atoms with Crippen molar-refractivity contribution in [3.8, 4) is 16.8 Å². The van der Waals surface area contributed by atoms with Gasteiger partial charge in [0.2, 0.25) is 0 Å². The number of rotatable bonds is 11. The zero-order valence-corrected chi connectivity index (χ0v) is 27.0. The summed E-state index contributed by atoms with van der Waals surface area (Å²) in [5.74, 6) is 0.165. The van der Waals surface area contributed by atoms with Crippen LogP contribution in [0.25, 0.3) is 16.8 Å². The van der Waals surface area contributed by atoms with Crippen molar-refractivity contribution in [2.75, 3.05) is 33.4 Å². The van der Waals surface area contributed by atoms with E-state index in [2.05, 4.69) is 51.9 Å². The number of carbonyl (C=O) groups is 1. The number of nitrogens with zero attached hydrogens (tertiary/aromatic N) is 6. The van der Waals surface area contributed by atoms with Gasteiger partial charge < -0.3 is 19.6 Å². The first-order chi connectivity index (χ1) is 23.0. The van der Waals surface area contributed by atoms with Crippen molar-refractivity contribution in [2.24, 2.45) is 0 Å². The Hall–Kier alpha value is -4.80. The van der Waals surface area contributed by atoms with Crippen LogP contribution in [0, 0.1) is 5.21 Å². The SMILES string of the molecule is COCCOC(=O)N1CCC(c2cccc([C@H](CCc3ccccc3)c3ccc(-c4cc(Cl)ccc4-n4cnnn4)c[n+]3[O-])c2)CC1. The molecule has 0 saturated carbocycles. The summed E-state index contributed by atoms with van der Waals surface area (Å²) in [6.45, 7) is 1.91. The van der Waals surface area contributed by atoms with Crippen LogP contribution in [0.3, 0.4) is 0 Å². The average molecular weight is 653 g/mol. The molecule has 6 rings (SSSR count). The van der Waals surface area contributed by atoms with Gasteiger partial charge in [-0.3, -0.25) is 0 Å². The number of carbonyl (C=O) groups excluding carboxylic acids is 1. The molecule has 5 aromatic rings. The van der Waals surface area contributed by atoms with Crippen LogP contribution in [0.1, 0.15) is 53.5 Å². The Morgan fingerprint density at radius 2 is 1.85 bits per heavy atom. The molecule has 1 atom stereocenters. The molecule has 0 spiro atoms.